The van der Waals surface area contributed by atoms with Crippen LogP contribution in [0.15, 0.2) is 85.1 Å². The largest absolute Gasteiger partial charge is 0.394 e. The van der Waals surface area contributed by atoms with Crippen molar-refractivity contribution in [3.63, 3.8) is 0 Å². The van der Waals surface area contributed by atoms with Crippen molar-refractivity contribution < 1.29 is 64.6 Å². The maximum atomic E-state index is 13.3. The van der Waals surface area contributed by atoms with E-state index in [-0.39, 0.29) is 18.9 Å². The van der Waals surface area contributed by atoms with E-state index in [1.807, 2.05) is 6.08 Å². The summed E-state index contributed by atoms with van der Waals surface area (Å²) in [5, 5.41) is 87.4. The minimum atomic E-state index is -1.80. The lowest BCUT2D eigenvalue weighted by Gasteiger charge is -2.46. The van der Waals surface area contributed by atoms with Gasteiger partial charge in [-0.2, -0.15) is 0 Å². The van der Waals surface area contributed by atoms with E-state index < -0.39 is 86.8 Å². The number of carbonyl (C=O) groups excluding carboxylic acids is 1. The van der Waals surface area contributed by atoms with Gasteiger partial charge in [-0.1, -0.05) is 272 Å². The number of ether oxygens (including phenoxy) is 4. The highest BCUT2D eigenvalue weighted by atomic mass is 16.7. The quantitative estimate of drug-likeness (QED) is 0.0204. The van der Waals surface area contributed by atoms with Crippen molar-refractivity contribution in [3.8, 4) is 0 Å². The molecule has 0 spiro atoms. The Morgan fingerprint density at radius 3 is 1.25 bits per heavy atom. The van der Waals surface area contributed by atoms with Gasteiger partial charge in [0.1, 0.15) is 48.8 Å². The highest BCUT2D eigenvalue weighted by Crippen LogP contribution is 2.30. The van der Waals surface area contributed by atoms with Gasteiger partial charge >= 0.3 is 0 Å². The smallest absolute Gasteiger partial charge is 0.220 e. The minimum Gasteiger partial charge on any atom is -0.394 e. The van der Waals surface area contributed by atoms with E-state index >= 15 is 0 Å². The lowest BCUT2D eigenvalue weighted by atomic mass is 9.97. The fourth-order valence-electron chi connectivity index (χ4n) is 10.9. The summed E-state index contributed by atoms with van der Waals surface area (Å²) in [5.74, 6) is -0.264. The van der Waals surface area contributed by atoms with Crippen LogP contribution in [-0.4, -0.2) is 140 Å². The maximum Gasteiger partial charge on any atom is 0.220 e. The molecule has 0 aromatic carbocycles. The van der Waals surface area contributed by atoms with Crippen molar-refractivity contribution >= 4 is 5.91 Å². The zero-order valence-corrected chi connectivity index (χ0v) is 53.3. The molecule has 2 aliphatic rings. The van der Waals surface area contributed by atoms with Crippen molar-refractivity contribution in [1.82, 2.24) is 5.32 Å². The van der Waals surface area contributed by atoms with Crippen LogP contribution in [0.3, 0.4) is 0 Å². The summed E-state index contributed by atoms with van der Waals surface area (Å²) < 4.78 is 22.8. The summed E-state index contributed by atoms with van der Waals surface area (Å²) >= 11 is 0. The molecule has 12 atom stereocenters. The summed E-state index contributed by atoms with van der Waals surface area (Å²) in [6.07, 6.45) is 59.2. The molecule has 0 aromatic heterocycles. The summed E-state index contributed by atoms with van der Waals surface area (Å²) in [7, 11) is 0. The number of aliphatic hydroxyl groups is 8. The van der Waals surface area contributed by atoms with Crippen LogP contribution in [0, 0.1) is 0 Å². The van der Waals surface area contributed by atoms with Crippen molar-refractivity contribution in [2.24, 2.45) is 0 Å². The Morgan fingerprint density at radius 2 is 0.812 bits per heavy atom. The molecule has 2 saturated heterocycles. The Balaban J connectivity index is 1.72. The predicted molar refractivity (Wildman–Crippen MR) is 346 cm³/mol. The SMILES string of the molecule is CC/C=C\C/C=C\C/C=C\C/C=C\C/C=C\C/C=C\CCCCCCC(=O)NC(COC1OC(CO)C(OC2OC(CO)C(O)C(O)C2O)C(O)C1O)C(O)/C=C/CCCCCCCCCCCCCCCCCCCCCCCCCCCC. The molecule has 2 fully saturated rings. The van der Waals surface area contributed by atoms with Gasteiger partial charge in [0.15, 0.2) is 12.6 Å². The molecule has 0 saturated carbocycles. The Labute approximate surface area is 516 Å². The lowest BCUT2D eigenvalue weighted by Crippen LogP contribution is -2.65. The van der Waals surface area contributed by atoms with Gasteiger partial charge in [-0.25, -0.2) is 0 Å². The zero-order chi connectivity index (χ0) is 61.6. The van der Waals surface area contributed by atoms with Gasteiger partial charge in [-0.15, -0.1) is 0 Å². The molecule has 0 radical (unpaired) electrons. The zero-order valence-electron chi connectivity index (χ0n) is 53.3. The second-order valence-corrected chi connectivity index (χ2v) is 23.9. The van der Waals surface area contributed by atoms with Gasteiger partial charge < -0.3 is 65.1 Å². The molecule has 1 amide bonds. The molecular formula is C71H125NO13. The molecule has 0 bridgehead atoms. The number of aliphatic hydroxyl groups excluding tert-OH is 8. The molecule has 2 heterocycles. The molecule has 2 aliphatic heterocycles. The standard InChI is InChI=1S/C71H125NO13/c1-3-5-7-9-11-13-15-17-19-21-23-25-27-28-29-30-31-33-34-36-38-40-42-44-46-48-50-52-54-60(75)59(58-82-70-68(81)66(79)69(62(57-74)84-70)85-71-67(80)65(78)64(77)61(56-73)83-71)72-63(76)55-53-51-49-47-45-43-41-39-37-35-32-26-24-22-20-18-16-14-12-10-8-6-4-2/h6,8,12,14,18,20,24,26,35,37,41,43,52,54,59-62,64-71,73-75,77-81H,3-5,7,9-11,13,15-17,19,21-23,25,27-34,36,38-40,42,44-51,53,55-58H2,1-2H3,(H,72,76)/b8-6-,14-12-,20-18-,26-24-,37-35-,43-41-,54-52+. The van der Waals surface area contributed by atoms with E-state index in [0.717, 1.165) is 83.5 Å². The van der Waals surface area contributed by atoms with Gasteiger partial charge in [-0.05, 0) is 70.6 Å². The molecule has 492 valence electrons. The van der Waals surface area contributed by atoms with E-state index in [1.54, 1.807) is 6.08 Å². The first-order valence-corrected chi connectivity index (χ1v) is 34.3. The molecule has 0 aliphatic carbocycles. The van der Waals surface area contributed by atoms with Crippen LogP contribution < -0.4 is 5.32 Å². The van der Waals surface area contributed by atoms with Gasteiger partial charge in [-0.3, -0.25) is 4.79 Å². The summed E-state index contributed by atoms with van der Waals surface area (Å²) in [6, 6.07) is -0.936. The lowest BCUT2D eigenvalue weighted by molar-refractivity contribution is -0.359. The summed E-state index contributed by atoms with van der Waals surface area (Å²) in [5.41, 5.74) is 0. The average Bonchev–Trinajstić information content (AvgIpc) is 3.68. The third-order valence-electron chi connectivity index (χ3n) is 16.3. The minimum absolute atomic E-state index is 0.247. The van der Waals surface area contributed by atoms with E-state index in [0.29, 0.717) is 6.42 Å². The van der Waals surface area contributed by atoms with Gasteiger partial charge in [0.25, 0.3) is 0 Å². The first-order valence-electron chi connectivity index (χ1n) is 34.3. The molecule has 0 aromatic rings. The van der Waals surface area contributed by atoms with Gasteiger partial charge in [0.2, 0.25) is 5.91 Å². The fraction of sp³-hybridized carbons (Fsp3) is 0.789. The first kappa shape index (κ1) is 78.3. The number of unbranched alkanes of at least 4 members (excludes halogenated alkanes) is 30. The maximum absolute atomic E-state index is 13.3. The monoisotopic (exact) mass is 1200 g/mol. The van der Waals surface area contributed by atoms with Gasteiger partial charge in [0, 0.05) is 6.42 Å². The Bertz CT molecular complexity index is 1750. The topological polar surface area (TPSA) is 228 Å². The Kier molecular flexibility index (Phi) is 50.9. The van der Waals surface area contributed by atoms with E-state index in [9.17, 15) is 45.6 Å². The molecule has 14 nitrogen and oxygen atoms in total. The van der Waals surface area contributed by atoms with Crippen LogP contribution in [0.25, 0.3) is 0 Å². The molecule has 14 heteroatoms. The van der Waals surface area contributed by atoms with Crippen LogP contribution in [0.1, 0.15) is 264 Å². The average molecular weight is 1200 g/mol. The number of nitrogens with one attached hydrogen (secondary N) is 1. The first-order chi connectivity index (χ1) is 41.6. The molecule has 85 heavy (non-hydrogen) atoms. The Hall–Kier alpha value is -2.83. The molecule has 9 N–H and O–H groups in total. The van der Waals surface area contributed by atoms with Crippen molar-refractivity contribution in [2.45, 2.75) is 338 Å². The number of hydrogen-bond acceptors (Lipinski definition) is 13. The number of carbonyl (C=O) groups is 1. The normalized spacial score (nSPS) is 24.1. The molecule has 2 rings (SSSR count). The van der Waals surface area contributed by atoms with Crippen LogP contribution in [-0.2, 0) is 23.7 Å². The van der Waals surface area contributed by atoms with Gasteiger partial charge in [0.05, 0.1) is 32.0 Å². The number of allylic oxidation sites excluding steroid dienone is 13. The van der Waals surface area contributed by atoms with E-state index in [4.69, 9.17) is 18.9 Å². The third-order valence-corrected chi connectivity index (χ3v) is 16.3. The van der Waals surface area contributed by atoms with Crippen molar-refractivity contribution in [3.05, 3.63) is 85.1 Å². The van der Waals surface area contributed by atoms with E-state index in [1.165, 1.54) is 154 Å². The van der Waals surface area contributed by atoms with Crippen LogP contribution >= 0.6 is 0 Å². The van der Waals surface area contributed by atoms with Crippen LogP contribution in [0.2, 0.25) is 0 Å². The highest BCUT2D eigenvalue weighted by molar-refractivity contribution is 5.76. The van der Waals surface area contributed by atoms with Crippen LogP contribution in [0.5, 0.6) is 0 Å². The third kappa shape index (κ3) is 39.7. The predicted octanol–water partition coefficient (Wildman–Crippen LogP) is 13.6. The summed E-state index contributed by atoms with van der Waals surface area (Å²) in [4.78, 5) is 13.3. The number of amides is 1. The number of rotatable bonds is 55. The second-order valence-electron chi connectivity index (χ2n) is 23.9. The molecule has 12 unspecified atom stereocenters. The number of hydrogen-bond donors (Lipinski definition) is 9. The molecular weight excluding hydrogens is 1070 g/mol. The van der Waals surface area contributed by atoms with Crippen LogP contribution in [0.4, 0.5) is 0 Å². The highest BCUT2D eigenvalue weighted by Gasteiger charge is 2.51. The fourth-order valence-corrected chi connectivity index (χ4v) is 10.9. The second kappa shape index (κ2) is 55.3. The van der Waals surface area contributed by atoms with Crippen molar-refractivity contribution in [1.29, 1.82) is 0 Å². The summed E-state index contributed by atoms with van der Waals surface area (Å²) in [6.45, 7) is 2.69. The van der Waals surface area contributed by atoms with Crippen molar-refractivity contribution in [2.75, 3.05) is 19.8 Å². The van der Waals surface area contributed by atoms with E-state index in [2.05, 4.69) is 92.1 Å². The Morgan fingerprint density at radius 1 is 0.435 bits per heavy atom.